The van der Waals surface area contributed by atoms with Crippen LogP contribution in [0.1, 0.15) is 67.8 Å². The minimum Gasteiger partial charge on any atom is -0.369 e. The van der Waals surface area contributed by atoms with Crippen LogP contribution in [0.5, 0.6) is 0 Å². The third-order valence-corrected chi connectivity index (χ3v) is 9.61. The largest absolute Gasteiger partial charge is 0.369 e. The van der Waals surface area contributed by atoms with Crippen LogP contribution in [-0.4, -0.2) is 42.1 Å². The van der Waals surface area contributed by atoms with E-state index < -0.39 is 22.6 Å². The summed E-state index contributed by atoms with van der Waals surface area (Å²) >= 11 is 0. The Bertz CT molecular complexity index is 1040. The summed E-state index contributed by atoms with van der Waals surface area (Å²) in [6, 6.07) is 7.41. The van der Waals surface area contributed by atoms with Crippen LogP contribution in [0.2, 0.25) is 0 Å². The van der Waals surface area contributed by atoms with E-state index >= 15 is 0 Å². The number of hydrogen-bond donors (Lipinski definition) is 2. The summed E-state index contributed by atoms with van der Waals surface area (Å²) in [4.78, 5) is 41.5. The zero-order valence-corrected chi connectivity index (χ0v) is 20.2. The molecule has 6 nitrogen and oxygen atoms in total. The maximum Gasteiger partial charge on any atom is 0.225 e. The minimum atomic E-state index is -1.07. The molecule has 2 amide bonds. The summed E-state index contributed by atoms with van der Waals surface area (Å²) in [5.41, 5.74) is 11.9. The fourth-order valence-corrected chi connectivity index (χ4v) is 8.00. The number of likely N-dealkylation sites (tertiary alicyclic amines) is 1. The van der Waals surface area contributed by atoms with Crippen molar-refractivity contribution in [1.82, 2.24) is 4.90 Å². The van der Waals surface area contributed by atoms with Crippen molar-refractivity contribution in [3.63, 3.8) is 0 Å². The van der Waals surface area contributed by atoms with Crippen molar-refractivity contribution in [2.45, 2.75) is 58.3 Å². The number of ketones is 1. The van der Waals surface area contributed by atoms with Gasteiger partial charge in [0.2, 0.25) is 11.8 Å². The van der Waals surface area contributed by atoms with Gasteiger partial charge in [-0.25, -0.2) is 0 Å². The number of Topliss-reactive ketones (excluding diaryl/α,β-unsaturated/α-hetero) is 1. The maximum absolute atomic E-state index is 13.5. The molecule has 1 saturated heterocycles. The number of carbonyl (C=O) groups excluding carboxylic acids is 3. The second-order valence-corrected chi connectivity index (χ2v) is 11.2. The molecule has 2 bridgehead atoms. The Morgan fingerprint density at radius 2 is 1.62 bits per heavy atom. The molecular formula is C28H37N3O3. The molecule has 182 valence electrons. The van der Waals surface area contributed by atoms with Crippen LogP contribution >= 0.6 is 0 Å². The molecule has 3 aliphatic carbocycles. The number of primary amides is 2. The third-order valence-electron chi connectivity index (χ3n) is 9.61. The van der Waals surface area contributed by atoms with Crippen molar-refractivity contribution in [2.24, 2.45) is 39.5 Å². The zero-order chi connectivity index (χ0) is 24.1. The van der Waals surface area contributed by atoms with Crippen LogP contribution in [0.4, 0.5) is 0 Å². The molecule has 4 aliphatic rings. The van der Waals surface area contributed by atoms with Crippen molar-refractivity contribution in [3.8, 4) is 0 Å². The first kappa shape index (κ1) is 23.3. The molecule has 4 N–H and O–H groups in total. The van der Waals surface area contributed by atoms with E-state index in [0.717, 1.165) is 50.9 Å². The number of hydrogen-bond acceptors (Lipinski definition) is 4. The monoisotopic (exact) mass is 463 g/mol. The topological polar surface area (TPSA) is 106 Å². The lowest BCUT2D eigenvalue weighted by atomic mass is 9.53. The molecular weight excluding hydrogens is 426 g/mol. The van der Waals surface area contributed by atoms with Gasteiger partial charge in [0.25, 0.3) is 0 Å². The molecule has 1 aliphatic heterocycles. The van der Waals surface area contributed by atoms with Gasteiger partial charge >= 0.3 is 0 Å². The number of allylic oxidation sites excluding steroid dienone is 2. The molecule has 0 unspecified atom stereocenters. The van der Waals surface area contributed by atoms with Gasteiger partial charge in [-0.1, -0.05) is 36.8 Å². The lowest BCUT2D eigenvalue weighted by Crippen LogP contribution is -2.60. The Kier molecular flexibility index (Phi) is 5.70. The molecule has 1 heterocycles. The van der Waals surface area contributed by atoms with Gasteiger partial charge in [-0.2, -0.15) is 0 Å². The Hall–Kier alpha value is -2.47. The molecule has 3 fully saturated rings. The van der Waals surface area contributed by atoms with E-state index in [9.17, 15) is 14.4 Å². The van der Waals surface area contributed by atoms with Crippen LogP contribution in [0.25, 0.3) is 0 Å². The minimum absolute atomic E-state index is 0.0236. The summed E-state index contributed by atoms with van der Waals surface area (Å²) in [5.74, 6) is -0.975. The van der Waals surface area contributed by atoms with Crippen molar-refractivity contribution < 1.29 is 14.4 Å². The number of carbonyl (C=O) groups is 3. The molecule has 0 radical (unpaired) electrons. The van der Waals surface area contributed by atoms with Crippen molar-refractivity contribution in [3.05, 3.63) is 47.5 Å². The molecule has 34 heavy (non-hydrogen) atoms. The van der Waals surface area contributed by atoms with Crippen LogP contribution in [-0.2, 0) is 16.0 Å². The van der Waals surface area contributed by atoms with E-state index in [1.54, 1.807) is 6.07 Å². The average molecular weight is 464 g/mol. The van der Waals surface area contributed by atoms with Gasteiger partial charge in [0.15, 0.2) is 5.78 Å². The number of benzene rings is 1. The van der Waals surface area contributed by atoms with Crippen LogP contribution in [0.3, 0.4) is 0 Å². The van der Waals surface area contributed by atoms with E-state index in [0.29, 0.717) is 18.4 Å². The Morgan fingerprint density at radius 3 is 2.21 bits per heavy atom. The average Bonchev–Trinajstić information content (AvgIpc) is 3.17. The first-order valence-corrected chi connectivity index (χ1v) is 12.9. The summed E-state index contributed by atoms with van der Waals surface area (Å²) in [7, 11) is 0. The maximum atomic E-state index is 13.5. The van der Waals surface area contributed by atoms with Gasteiger partial charge in [-0.3, -0.25) is 14.4 Å². The molecule has 0 aromatic heterocycles. The second-order valence-electron chi connectivity index (χ2n) is 11.2. The molecule has 5 rings (SSSR count). The number of amides is 2. The van der Waals surface area contributed by atoms with Crippen LogP contribution in [0, 0.1) is 28.1 Å². The van der Waals surface area contributed by atoms with Gasteiger partial charge in [0, 0.05) is 5.56 Å². The lowest BCUT2D eigenvalue weighted by Gasteiger charge is -2.48. The fourth-order valence-electron chi connectivity index (χ4n) is 8.00. The Morgan fingerprint density at radius 1 is 0.971 bits per heavy atom. The van der Waals surface area contributed by atoms with Gasteiger partial charge in [0.1, 0.15) is 0 Å². The highest BCUT2D eigenvalue weighted by Gasteiger charge is 2.81. The molecule has 6 heteroatoms. The highest BCUT2D eigenvalue weighted by atomic mass is 16.2. The number of rotatable bonds is 10. The predicted molar refractivity (Wildman–Crippen MR) is 131 cm³/mol. The second kappa shape index (κ2) is 8.33. The normalized spacial score (nSPS) is 33.0. The Labute approximate surface area is 202 Å². The van der Waals surface area contributed by atoms with Crippen LogP contribution in [0.15, 0.2) is 36.4 Å². The first-order chi connectivity index (χ1) is 16.3. The molecule has 1 spiro atoms. The van der Waals surface area contributed by atoms with Crippen molar-refractivity contribution in [1.29, 1.82) is 0 Å². The van der Waals surface area contributed by atoms with E-state index in [1.165, 1.54) is 19.8 Å². The molecule has 4 atom stereocenters. The summed E-state index contributed by atoms with van der Waals surface area (Å²) in [5, 5.41) is 0. The molecule has 1 aromatic rings. The Balaban J connectivity index is 1.52. The van der Waals surface area contributed by atoms with Crippen molar-refractivity contribution >= 4 is 17.6 Å². The number of unbranched alkanes of at least 4 members (excludes halogenated alkanes) is 1. The molecule has 2 saturated carbocycles. The standard InChI is InChI=1S/C28H37N3O3/c1-19(32)21-8-6-7-20(17-21)18-28(25(30)34)23-10-9-22(26(23)12-13-26)27(28,24(29)33)11-2-3-14-31-15-4-5-16-31/h6-10,17,22-23H,2-5,11-16,18H2,1H3,(H2,29,33)(H2,30,34)/t22-,23+,27+,28+/m1/s1. The predicted octanol–water partition coefficient (Wildman–Crippen LogP) is 3.24. The quantitative estimate of drug-likeness (QED) is 0.316. The van der Waals surface area contributed by atoms with E-state index in [-0.39, 0.29) is 23.0 Å². The highest BCUT2D eigenvalue weighted by Crippen LogP contribution is 2.81. The van der Waals surface area contributed by atoms with E-state index in [2.05, 4.69) is 17.1 Å². The number of nitrogens with zero attached hydrogens (tertiary/aromatic N) is 1. The van der Waals surface area contributed by atoms with Crippen molar-refractivity contribution in [2.75, 3.05) is 19.6 Å². The highest BCUT2D eigenvalue weighted by molar-refractivity contribution is 5.96. The fraction of sp³-hybridized carbons (Fsp3) is 0.607. The number of nitrogens with two attached hydrogens (primary N) is 2. The zero-order valence-electron chi connectivity index (χ0n) is 20.2. The smallest absolute Gasteiger partial charge is 0.225 e. The van der Waals surface area contributed by atoms with Crippen LogP contribution < -0.4 is 11.5 Å². The SMILES string of the molecule is CC(=O)c1cccc(C[C@@]2(C(N)=O)[C@H]3C=C[C@H](C34CC4)[C@@]2(CCCCN2CCCC2)C(N)=O)c1. The van der Waals surface area contributed by atoms with E-state index in [4.69, 9.17) is 11.5 Å². The van der Waals surface area contributed by atoms with Gasteiger partial charge < -0.3 is 16.4 Å². The molecule has 1 aromatic carbocycles. The summed E-state index contributed by atoms with van der Waals surface area (Å²) in [6.45, 7) is 4.86. The van der Waals surface area contributed by atoms with Gasteiger partial charge in [0.05, 0.1) is 10.8 Å². The van der Waals surface area contributed by atoms with Gasteiger partial charge in [-0.15, -0.1) is 0 Å². The third kappa shape index (κ3) is 3.21. The first-order valence-electron chi connectivity index (χ1n) is 12.9. The lowest BCUT2D eigenvalue weighted by molar-refractivity contribution is -0.151. The van der Waals surface area contributed by atoms with Gasteiger partial charge in [-0.05, 0) is 100 Å². The summed E-state index contributed by atoms with van der Waals surface area (Å²) in [6.07, 6.45) is 11.6. The van der Waals surface area contributed by atoms with E-state index in [1.807, 2.05) is 18.2 Å². The summed E-state index contributed by atoms with van der Waals surface area (Å²) < 4.78 is 0.